The number of aliphatic hydroxyl groups excluding tert-OH is 1. The molecule has 3 atom stereocenters. The van der Waals surface area contributed by atoms with Gasteiger partial charge in [-0.2, -0.15) is 0 Å². The highest BCUT2D eigenvalue weighted by Gasteiger charge is 2.32. The molecule has 3 aromatic carbocycles. The Morgan fingerprint density at radius 1 is 1.00 bits per heavy atom. The van der Waals surface area contributed by atoms with Gasteiger partial charge in [-0.15, -0.1) is 11.3 Å². The number of fused-ring (bicyclic) bond motifs is 1. The molecule has 5 rings (SSSR count). The number of thiazole rings is 1. The van der Waals surface area contributed by atoms with Gasteiger partial charge in [0.05, 0.1) is 35.6 Å². The topological polar surface area (TPSA) is 119 Å². The number of aliphatic hydroxyl groups is 1. The largest absolute Gasteiger partial charge is 0.465 e. The third-order valence-electron chi connectivity index (χ3n) is 6.69. The van der Waals surface area contributed by atoms with Crippen LogP contribution in [0.4, 0.5) is 4.79 Å². The standard InChI is InChI=1S/C31H33N3O6S2/c1-2-38-28(36)17-33-30(37)32-16-20-7-13-23(14-8-20)29-39-24(15-26(40-29)22-11-9-21(18-35)10-12-22)19-41-31-34-25-5-3-4-6-27(25)42-31/h3-14,24,26,29,35H,2,15-19H2,1H3,(H2,32,33,37). The van der Waals surface area contributed by atoms with Crippen LogP contribution in [-0.4, -0.2) is 47.1 Å². The van der Waals surface area contributed by atoms with Crippen LogP contribution in [0.25, 0.3) is 10.2 Å². The van der Waals surface area contributed by atoms with E-state index in [1.54, 1.807) is 30.0 Å². The highest BCUT2D eigenvalue weighted by molar-refractivity contribution is 8.01. The van der Waals surface area contributed by atoms with E-state index < -0.39 is 18.3 Å². The summed E-state index contributed by atoms with van der Waals surface area (Å²) in [5, 5.41) is 14.7. The van der Waals surface area contributed by atoms with Crippen LogP contribution in [-0.2, 0) is 32.2 Å². The van der Waals surface area contributed by atoms with Crippen LogP contribution in [0.15, 0.2) is 77.1 Å². The number of carbonyl (C=O) groups is 2. The number of nitrogens with zero attached hydrogens (tertiary/aromatic N) is 1. The number of hydrogen-bond acceptors (Lipinski definition) is 9. The summed E-state index contributed by atoms with van der Waals surface area (Å²) in [7, 11) is 0. The second-order valence-electron chi connectivity index (χ2n) is 9.69. The normalized spacial score (nSPS) is 18.5. The smallest absolute Gasteiger partial charge is 0.325 e. The number of ether oxygens (including phenoxy) is 3. The zero-order valence-electron chi connectivity index (χ0n) is 23.2. The number of rotatable bonds is 11. The molecule has 0 radical (unpaired) electrons. The minimum Gasteiger partial charge on any atom is -0.465 e. The van der Waals surface area contributed by atoms with Crippen LogP contribution in [0.2, 0.25) is 0 Å². The average molecular weight is 608 g/mol. The minimum absolute atomic E-state index is 0.00671. The van der Waals surface area contributed by atoms with E-state index in [0.29, 0.717) is 13.0 Å². The van der Waals surface area contributed by atoms with E-state index in [0.717, 1.165) is 37.9 Å². The number of carbonyl (C=O) groups excluding carboxylic acids is 2. The van der Waals surface area contributed by atoms with E-state index in [-0.39, 0.29) is 32.0 Å². The summed E-state index contributed by atoms with van der Waals surface area (Å²) in [5.74, 6) is 0.247. The fourth-order valence-electron chi connectivity index (χ4n) is 4.50. The fraction of sp³-hybridized carbons (Fsp3) is 0.323. The Balaban J connectivity index is 1.23. The van der Waals surface area contributed by atoms with Crippen molar-refractivity contribution in [2.45, 2.75) is 49.3 Å². The third-order valence-corrected chi connectivity index (χ3v) is 9.00. The summed E-state index contributed by atoms with van der Waals surface area (Å²) in [6.45, 7) is 2.08. The molecule has 1 aliphatic heterocycles. The molecule has 3 unspecified atom stereocenters. The SMILES string of the molecule is CCOC(=O)CNC(=O)NCc1ccc(C2OC(CSc3nc4ccccc4s3)CC(c3ccc(CO)cc3)O2)cc1. The zero-order chi connectivity index (χ0) is 29.3. The zero-order valence-corrected chi connectivity index (χ0v) is 24.8. The maximum Gasteiger partial charge on any atom is 0.325 e. The summed E-state index contributed by atoms with van der Waals surface area (Å²) in [4.78, 5) is 28.2. The first-order chi connectivity index (χ1) is 20.5. The van der Waals surface area contributed by atoms with E-state index in [1.807, 2.05) is 66.7 Å². The van der Waals surface area contributed by atoms with Gasteiger partial charge >= 0.3 is 12.0 Å². The number of amides is 2. The number of aromatic nitrogens is 1. The first-order valence-corrected chi connectivity index (χ1v) is 15.6. The quantitative estimate of drug-likeness (QED) is 0.151. The first kappa shape index (κ1) is 30.0. The Morgan fingerprint density at radius 3 is 2.48 bits per heavy atom. The van der Waals surface area contributed by atoms with Gasteiger partial charge in [-0.1, -0.05) is 72.4 Å². The molecule has 0 aliphatic carbocycles. The highest BCUT2D eigenvalue weighted by atomic mass is 32.2. The van der Waals surface area contributed by atoms with E-state index in [4.69, 9.17) is 19.2 Å². The molecule has 220 valence electrons. The van der Waals surface area contributed by atoms with Crippen molar-refractivity contribution in [3.63, 3.8) is 0 Å². The molecule has 1 aliphatic rings. The monoisotopic (exact) mass is 607 g/mol. The molecule has 1 fully saturated rings. The van der Waals surface area contributed by atoms with E-state index in [2.05, 4.69) is 16.7 Å². The van der Waals surface area contributed by atoms with Crippen molar-refractivity contribution in [2.75, 3.05) is 18.9 Å². The lowest BCUT2D eigenvalue weighted by Gasteiger charge is -2.36. The number of benzene rings is 3. The molecule has 2 heterocycles. The Kier molecular flexibility index (Phi) is 10.4. The lowest BCUT2D eigenvalue weighted by atomic mass is 10.0. The highest BCUT2D eigenvalue weighted by Crippen LogP contribution is 2.40. The summed E-state index contributed by atoms with van der Waals surface area (Å²) >= 11 is 3.37. The number of nitrogens with one attached hydrogen (secondary N) is 2. The van der Waals surface area contributed by atoms with Crippen molar-refractivity contribution in [2.24, 2.45) is 0 Å². The Labute approximate surface area is 252 Å². The van der Waals surface area contributed by atoms with Gasteiger partial charge in [0.2, 0.25) is 0 Å². The van der Waals surface area contributed by atoms with Gasteiger partial charge in [-0.25, -0.2) is 9.78 Å². The van der Waals surface area contributed by atoms with Gasteiger partial charge in [-0.05, 0) is 35.7 Å². The second kappa shape index (κ2) is 14.6. The van der Waals surface area contributed by atoms with Gasteiger partial charge in [-0.3, -0.25) is 4.79 Å². The molecular weight excluding hydrogens is 574 g/mol. The molecule has 0 bridgehead atoms. The molecule has 4 aromatic rings. The van der Waals surface area contributed by atoms with Gasteiger partial charge in [0.1, 0.15) is 6.54 Å². The number of urea groups is 1. The van der Waals surface area contributed by atoms with Crippen LogP contribution >= 0.6 is 23.1 Å². The number of esters is 1. The Morgan fingerprint density at radius 2 is 1.74 bits per heavy atom. The van der Waals surface area contributed by atoms with E-state index in [9.17, 15) is 14.7 Å². The van der Waals surface area contributed by atoms with Crippen LogP contribution in [0.5, 0.6) is 0 Å². The summed E-state index contributed by atoms with van der Waals surface area (Å²) in [6, 6.07) is 23.2. The van der Waals surface area contributed by atoms with Gasteiger partial charge in [0.25, 0.3) is 0 Å². The summed E-state index contributed by atoms with van der Waals surface area (Å²) in [6.07, 6.45) is -0.137. The maximum absolute atomic E-state index is 12.0. The molecule has 0 spiro atoms. The number of hydrogen-bond donors (Lipinski definition) is 3. The molecule has 9 nitrogen and oxygen atoms in total. The van der Waals surface area contributed by atoms with Gasteiger partial charge < -0.3 is 30.0 Å². The van der Waals surface area contributed by atoms with Crippen LogP contribution < -0.4 is 10.6 Å². The van der Waals surface area contributed by atoms with Crippen molar-refractivity contribution in [1.82, 2.24) is 15.6 Å². The van der Waals surface area contributed by atoms with Crippen LogP contribution in [0.3, 0.4) is 0 Å². The van der Waals surface area contributed by atoms with Crippen molar-refractivity contribution in [3.8, 4) is 0 Å². The maximum atomic E-state index is 12.0. The van der Waals surface area contributed by atoms with Crippen LogP contribution in [0.1, 0.15) is 48.0 Å². The fourth-order valence-corrected chi connectivity index (χ4v) is 6.61. The van der Waals surface area contributed by atoms with Crippen molar-refractivity contribution >= 4 is 45.3 Å². The molecule has 0 saturated carbocycles. The van der Waals surface area contributed by atoms with E-state index in [1.165, 1.54) is 4.70 Å². The Bertz CT molecular complexity index is 1450. The van der Waals surface area contributed by atoms with Crippen molar-refractivity contribution < 1.29 is 28.9 Å². The first-order valence-electron chi connectivity index (χ1n) is 13.8. The van der Waals surface area contributed by atoms with Crippen LogP contribution in [0, 0.1) is 0 Å². The molecule has 3 N–H and O–H groups in total. The lowest BCUT2D eigenvalue weighted by Crippen LogP contribution is -2.38. The third kappa shape index (κ3) is 8.08. The molecule has 1 aromatic heterocycles. The molecule has 42 heavy (non-hydrogen) atoms. The average Bonchev–Trinajstić information content (AvgIpc) is 3.45. The summed E-state index contributed by atoms with van der Waals surface area (Å²) in [5.41, 5.74) is 4.65. The number of thioether (sulfide) groups is 1. The molecular formula is C31H33N3O6S2. The van der Waals surface area contributed by atoms with Crippen molar-refractivity contribution in [3.05, 3.63) is 95.1 Å². The van der Waals surface area contributed by atoms with E-state index >= 15 is 0 Å². The molecule has 11 heteroatoms. The lowest BCUT2D eigenvalue weighted by molar-refractivity contribution is -0.245. The summed E-state index contributed by atoms with van der Waals surface area (Å²) < 4.78 is 19.9. The van der Waals surface area contributed by atoms with Gasteiger partial charge in [0.15, 0.2) is 10.6 Å². The van der Waals surface area contributed by atoms with Crippen molar-refractivity contribution in [1.29, 1.82) is 0 Å². The minimum atomic E-state index is -0.572. The Hall–Kier alpha value is -3.48. The predicted molar refractivity (Wildman–Crippen MR) is 162 cm³/mol. The number of para-hydroxylation sites is 1. The molecule has 1 saturated heterocycles. The molecule has 2 amide bonds. The second-order valence-corrected chi connectivity index (χ2v) is 12.0. The van der Waals surface area contributed by atoms with Gasteiger partial charge in [0, 0.05) is 24.3 Å². The predicted octanol–water partition coefficient (Wildman–Crippen LogP) is 5.49.